The number of carbonyl (C=O) groups excluding carboxylic acids is 1. The number of benzene rings is 1. The van der Waals surface area contributed by atoms with Crippen molar-refractivity contribution in [1.29, 1.82) is 0 Å². The minimum Gasteiger partial charge on any atom is -0.400 e. The Kier molecular flexibility index (Phi) is 6.75. The molecule has 28 heavy (non-hydrogen) atoms. The highest BCUT2D eigenvalue weighted by Gasteiger charge is 2.52. The molecule has 0 unspecified atom stereocenters. The minimum absolute atomic E-state index is 0.101. The molecule has 1 N–H and O–H groups in total. The molecular formula is C22H32BNO3S. The third kappa shape index (κ3) is 5.09. The van der Waals surface area contributed by atoms with E-state index in [9.17, 15) is 4.79 Å². The van der Waals surface area contributed by atoms with Crippen molar-refractivity contribution in [2.75, 3.05) is 18.8 Å². The molecule has 0 atom stereocenters. The van der Waals surface area contributed by atoms with E-state index in [1.54, 1.807) is 6.92 Å². The molecule has 4 nitrogen and oxygen atoms in total. The number of thioether (sulfide) groups is 1. The number of hydrogen-bond acceptors (Lipinski definition) is 5. The van der Waals surface area contributed by atoms with Crippen LogP contribution in [0.25, 0.3) is 6.08 Å². The van der Waals surface area contributed by atoms with Crippen molar-refractivity contribution in [2.45, 2.75) is 64.6 Å². The van der Waals surface area contributed by atoms with Crippen LogP contribution in [0, 0.1) is 0 Å². The lowest BCUT2D eigenvalue weighted by molar-refractivity contribution is -0.109. The van der Waals surface area contributed by atoms with E-state index < -0.39 is 18.3 Å². The zero-order chi connectivity index (χ0) is 20.4. The Morgan fingerprint density at radius 2 is 1.71 bits per heavy atom. The topological polar surface area (TPSA) is 47.6 Å². The Bertz CT molecular complexity index is 708. The molecule has 0 aromatic heterocycles. The van der Waals surface area contributed by atoms with E-state index in [-0.39, 0.29) is 5.12 Å². The van der Waals surface area contributed by atoms with E-state index in [1.807, 2.05) is 0 Å². The molecule has 6 heteroatoms. The van der Waals surface area contributed by atoms with Crippen molar-refractivity contribution in [1.82, 2.24) is 5.32 Å². The normalized spacial score (nSPS) is 22.5. The predicted molar refractivity (Wildman–Crippen MR) is 118 cm³/mol. The average molecular weight is 401 g/mol. The molecular weight excluding hydrogens is 369 g/mol. The first-order chi connectivity index (χ1) is 13.2. The Hall–Kier alpha value is -1.08. The van der Waals surface area contributed by atoms with Gasteiger partial charge < -0.3 is 14.6 Å². The van der Waals surface area contributed by atoms with E-state index in [0.717, 1.165) is 24.1 Å². The van der Waals surface area contributed by atoms with Gasteiger partial charge in [-0.1, -0.05) is 42.1 Å². The third-order valence-corrected chi connectivity index (χ3v) is 6.98. The van der Waals surface area contributed by atoms with Gasteiger partial charge in [-0.3, -0.25) is 4.79 Å². The molecule has 2 aliphatic heterocycles. The van der Waals surface area contributed by atoms with Crippen LogP contribution >= 0.6 is 11.8 Å². The van der Waals surface area contributed by atoms with Crippen LogP contribution in [0.15, 0.2) is 29.7 Å². The predicted octanol–water partition coefficient (Wildman–Crippen LogP) is 4.45. The van der Waals surface area contributed by atoms with Crippen LogP contribution in [-0.4, -0.2) is 42.3 Å². The highest BCUT2D eigenvalue weighted by Crippen LogP contribution is 2.39. The van der Waals surface area contributed by atoms with Gasteiger partial charge in [-0.25, -0.2) is 0 Å². The average Bonchev–Trinajstić information content (AvgIpc) is 2.87. The summed E-state index contributed by atoms with van der Waals surface area (Å²) in [5, 5.41) is 3.52. The number of rotatable bonds is 5. The van der Waals surface area contributed by atoms with Gasteiger partial charge in [0.1, 0.15) is 0 Å². The summed E-state index contributed by atoms with van der Waals surface area (Å²) in [5.41, 5.74) is 2.74. The van der Waals surface area contributed by atoms with E-state index in [0.29, 0.717) is 11.7 Å². The number of hydrogen-bond donors (Lipinski definition) is 1. The zero-order valence-corrected chi connectivity index (χ0v) is 18.5. The molecule has 2 saturated heterocycles. The second-order valence-electron chi connectivity index (χ2n) is 8.78. The van der Waals surface area contributed by atoms with Gasteiger partial charge in [0, 0.05) is 12.7 Å². The summed E-state index contributed by atoms with van der Waals surface area (Å²) in [6.07, 6.45) is 4.51. The van der Waals surface area contributed by atoms with E-state index >= 15 is 0 Å². The standard InChI is InChI=1S/C22H32BNO3S/c1-16(25)28-15-20(23-26-21(2,3)22(4,5)27-23)14-17-6-8-18(9-7-17)19-10-12-24-13-11-19/h6-9,14,19,24H,10-13,15H2,1-5H3. The van der Waals surface area contributed by atoms with Gasteiger partial charge in [0.05, 0.1) is 11.2 Å². The van der Waals surface area contributed by atoms with Crippen molar-refractivity contribution < 1.29 is 14.1 Å². The molecule has 0 amide bonds. The summed E-state index contributed by atoms with van der Waals surface area (Å²) in [7, 11) is -0.430. The quantitative estimate of drug-likeness (QED) is 0.739. The van der Waals surface area contributed by atoms with Crippen LogP contribution in [0.3, 0.4) is 0 Å². The zero-order valence-electron chi connectivity index (χ0n) is 17.7. The molecule has 2 aliphatic rings. The molecule has 0 bridgehead atoms. The maximum Gasteiger partial charge on any atom is 0.491 e. The first kappa shape index (κ1) is 21.6. The highest BCUT2D eigenvalue weighted by molar-refractivity contribution is 8.13. The van der Waals surface area contributed by atoms with E-state index in [1.165, 1.54) is 30.2 Å². The second-order valence-corrected chi connectivity index (χ2v) is 9.93. The van der Waals surface area contributed by atoms with Gasteiger partial charge >= 0.3 is 7.12 Å². The molecule has 152 valence electrons. The van der Waals surface area contributed by atoms with Crippen LogP contribution in [0.1, 0.15) is 64.5 Å². The van der Waals surface area contributed by atoms with E-state index in [4.69, 9.17) is 9.31 Å². The summed E-state index contributed by atoms with van der Waals surface area (Å²) in [4.78, 5) is 11.5. The number of piperidine rings is 1. The Morgan fingerprint density at radius 1 is 1.14 bits per heavy atom. The maximum atomic E-state index is 11.5. The summed E-state index contributed by atoms with van der Waals surface area (Å²) < 4.78 is 12.5. The molecule has 0 radical (unpaired) electrons. The summed E-state index contributed by atoms with van der Waals surface area (Å²) in [6.45, 7) is 12.0. The van der Waals surface area contributed by atoms with Crippen LogP contribution in [0.5, 0.6) is 0 Å². The van der Waals surface area contributed by atoms with Crippen LogP contribution in [-0.2, 0) is 14.1 Å². The lowest BCUT2D eigenvalue weighted by Gasteiger charge is -2.32. The second kappa shape index (κ2) is 8.74. The molecule has 2 heterocycles. The molecule has 1 aromatic rings. The Balaban J connectivity index is 1.79. The third-order valence-electron chi connectivity index (χ3n) is 6.10. The fourth-order valence-corrected chi connectivity index (χ4v) is 4.18. The largest absolute Gasteiger partial charge is 0.491 e. The van der Waals surface area contributed by atoms with Gasteiger partial charge in [0.2, 0.25) is 0 Å². The van der Waals surface area contributed by atoms with Crippen molar-refractivity contribution in [2.24, 2.45) is 0 Å². The molecule has 0 aliphatic carbocycles. The first-order valence-electron chi connectivity index (χ1n) is 10.2. The van der Waals surface area contributed by atoms with Crippen LogP contribution in [0.2, 0.25) is 0 Å². The van der Waals surface area contributed by atoms with Crippen molar-refractivity contribution in [3.63, 3.8) is 0 Å². The van der Waals surface area contributed by atoms with Gasteiger partial charge in [-0.15, -0.1) is 0 Å². The van der Waals surface area contributed by atoms with Crippen LogP contribution in [0.4, 0.5) is 0 Å². The summed E-state index contributed by atoms with van der Waals surface area (Å²) in [5.74, 6) is 1.22. The summed E-state index contributed by atoms with van der Waals surface area (Å²) >= 11 is 1.30. The lowest BCUT2D eigenvalue weighted by Crippen LogP contribution is -2.41. The summed E-state index contributed by atoms with van der Waals surface area (Å²) in [6, 6.07) is 8.81. The Labute approximate surface area is 174 Å². The minimum atomic E-state index is -0.430. The van der Waals surface area contributed by atoms with Gasteiger partial charge in [-0.2, -0.15) is 0 Å². The van der Waals surface area contributed by atoms with Gasteiger partial charge in [0.25, 0.3) is 0 Å². The fourth-order valence-electron chi connectivity index (χ4n) is 3.59. The number of carbonyl (C=O) groups is 1. The molecule has 2 fully saturated rings. The molecule has 0 spiro atoms. The van der Waals surface area contributed by atoms with E-state index in [2.05, 4.69) is 63.4 Å². The smallest absolute Gasteiger partial charge is 0.400 e. The highest BCUT2D eigenvalue weighted by atomic mass is 32.2. The molecule has 0 saturated carbocycles. The lowest BCUT2D eigenvalue weighted by atomic mass is 9.78. The molecule has 1 aromatic carbocycles. The monoisotopic (exact) mass is 401 g/mol. The number of nitrogens with one attached hydrogen (secondary N) is 1. The SMILES string of the molecule is CC(=O)SCC(=Cc1ccc(C2CCNCC2)cc1)B1OC(C)(C)C(C)(C)O1. The first-order valence-corrected chi connectivity index (χ1v) is 11.2. The fraction of sp³-hybridized carbons (Fsp3) is 0.591. The Morgan fingerprint density at radius 3 is 2.25 bits per heavy atom. The maximum absolute atomic E-state index is 11.5. The van der Waals surface area contributed by atoms with Crippen molar-refractivity contribution >= 4 is 30.1 Å². The van der Waals surface area contributed by atoms with Crippen LogP contribution < -0.4 is 5.32 Å². The van der Waals surface area contributed by atoms with Gasteiger partial charge in [-0.05, 0) is 76.1 Å². The molecule has 3 rings (SSSR count). The van der Waals surface area contributed by atoms with Crippen molar-refractivity contribution in [3.05, 3.63) is 40.9 Å². The van der Waals surface area contributed by atoms with Crippen molar-refractivity contribution in [3.8, 4) is 0 Å². The van der Waals surface area contributed by atoms with Gasteiger partial charge in [0.15, 0.2) is 5.12 Å².